The Hall–Kier alpha value is 0.200. The number of alkyl halides is 1. The minimum Gasteiger partial charge on any atom is -0.338 e. The molecule has 2 unspecified atom stereocenters. The van der Waals surface area contributed by atoms with E-state index in [1.807, 2.05) is 11.8 Å². The third-order valence-corrected chi connectivity index (χ3v) is 3.52. The first-order valence-corrected chi connectivity index (χ1v) is 6.49. The van der Waals surface area contributed by atoms with Crippen LogP contribution >= 0.6 is 22.6 Å². The van der Waals surface area contributed by atoms with Crippen molar-refractivity contribution in [3.8, 4) is 0 Å². The van der Waals surface area contributed by atoms with Gasteiger partial charge in [-0.15, -0.1) is 0 Å². The van der Waals surface area contributed by atoms with E-state index in [-0.39, 0.29) is 11.8 Å². The molecule has 3 heteroatoms. The minimum absolute atomic E-state index is 0.111. The van der Waals surface area contributed by atoms with E-state index in [0.29, 0.717) is 16.0 Å². The Morgan fingerprint density at radius 2 is 1.36 bits per heavy atom. The highest BCUT2D eigenvalue weighted by Crippen LogP contribution is 2.18. The fourth-order valence-electron chi connectivity index (χ4n) is 1.54. The highest BCUT2D eigenvalue weighted by atomic mass is 127. The Morgan fingerprint density at radius 1 is 1.00 bits per heavy atom. The molecule has 2 atom stereocenters. The summed E-state index contributed by atoms with van der Waals surface area (Å²) in [6, 6.07) is 0.584. The zero-order valence-corrected chi connectivity index (χ0v) is 12.2. The standard InChI is InChI=1S/C11H22INO/c1-7(2)13(8(3)4)11(14)9(5)10(6)12/h7-10H,1-6H3. The molecule has 1 amide bonds. The van der Waals surface area contributed by atoms with Gasteiger partial charge in [0, 0.05) is 21.9 Å². The summed E-state index contributed by atoms with van der Waals surface area (Å²) in [6.07, 6.45) is 0. The van der Waals surface area contributed by atoms with Gasteiger partial charge in [-0.05, 0) is 27.7 Å². The molecule has 0 rings (SSSR count). The van der Waals surface area contributed by atoms with Crippen LogP contribution in [0.4, 0.5) is 0 Å². The monoisotopic (exact) mass is 311 g/mol. The van der Waals surface area contributed by atoms with Crippen molar-refractivity contribution in [2.45, 2.75) is 57.6 Å². The molecule has 0 fully saturated rings. The van der Waals surface area contributed by atoms with Crippen LogP contribution in [0.3, 0.4) is 0 Å². The summed E-state index contributed by atoms with van der Waals surface area (Å²) in [5.41, 5.74) is 0. The molecule has 0 bridgehead atoms. The van der Waals surface area contributed by atoms with E-state index in [2.05, 4.69) is 57.2 Å². The number of hydrogen-bond donors (Lipinski definition) is 0. The molecule has 2 nitrogen and oxygen atoms in total. The smallest absolute Gasteiger partial charge is 0.226 e. The van der Waals surface area contributed by atoms with Gasteiger partial charge in [0.2, 0.25) is 5.91 Å². The van der Waals surface area contributed by atoms with E-state index in [1.165, 1.54) is 0 Å². The Labute approximate surface area is 102 Å². The molecule has 0 N–H and O–H groups in total. The van der Waals surface area contributed by atoms with Gasteiger partial charge in [0.05, 0.1) is 0 Å². The van der Waals surface area contributed by atoms with E-state index in [0.717, 1.165) is 0 Å². The Balaban J connectivity index is 4.60. The number of halogens is 1. The lowest BCUT2D eigenvalue weighted by atomic mass is 10.1. The molecule has 0 aliphatic heterocycles. The summed E-state index contributed by atoms with van der Waals surface area (Å²) < 4.78 is 0.389. The Kier molecular flexibility index (Phi) is 6.02. The van der Waals surface area contributed by atoms with Crippen LogP contribution in [0.1, 0.15) is 41.5 Å². The van der Waals surface area contributed by atoms with Gasteiger partial charge in [-0.1, -0.05) is 36.4 Å². The van der Waals surface area contributed by atoms with Crippen molar-refractivity contribution in [3.63, 3.8) is 0 Å². The number of rotatable bonds is 4. The third kappa shape index (κ3) is 3.75. The summed E-state index contributed by atoms with van der Waals surface area (Å²) >= 11 is 2.32. The molecule has 0 spiro atoms. The largest absolute Gasteiger partial charge is 0.338 e. The lowest BCUT2D eigenvalue weighted by Crippen LogP contribution is -2.46. The lowest BCUT2D eigenvalue weighted by Gasteiger charge is -2.33. The summed E-state index contributed by atoms with van der Waals surface area (Å²) in [4.78, 5) is 14.1. The van der Waals surface area contributed by atoms with Crippen LogP contribution in [0, 0.1) is 5.92 Å². The lowest BCUT2D eigenvalue weighted by molar-refractivity contribution is -0.138. The molecule has 0 aromatic rings. The third-order valence-electron chi connectivity index (χ3n) is 2.45. The number of hydrogen-bond acceptors (Lipinski definition) is 1. The zero-order valence-electron chi connectivity index (χ0n) is 10.0. The molecule has 0 heterocycles. The second-order valence-electron chi connectivity index (χ2n) is 4.40. The van der Waals surface area contributed by atoms with Crippen molar-refractivity contribution in [1.29, 1.82) is 0 Å². The van der Waals surface area contributed by atoms with E-state index in [4.69, 9.17) is 0 Å². The second kappa shape index (κ2) is 5.93. The number of carbonyl (C=O) groups is 1. The van der Waals surface area contributed by atoms with Crippen molar-refractivity contribution in [1.82, 2.24) is 4.90 Å². The molecule has 0 aliphatic carbocycles. The van der Waals surface area contributed by atoms with Gasteiger partial charge in [0.15, 0.2) is 0 Å². The molecule has 0 aliphatic rings. The molecule has 0 radical (unpaired) electrons. The average Bonchev–Trinajstić information content (AvgIpc) is 2.01. The molecule has 0 aromatic carbocycles. The van der Waals surface area contributed by atoms with Crippen LogP contribution in [0.15, 0.2) is 0 Å². The van der Waals surface area contributed by atoms with Crippen molar-refractivity contribution in [2.75, 3.05) is 0 Å². The molecule has 0 aromatic heterocycles. The van der Waals surface area contributed by atoms with Crippen LogP contribution in [-0.2, 0) is 4.79 Å². The summed E-state index contributed by atoms with van der Waals surface area (Å²) in [7, 11) is 0. The molecule has 0 saturated carbocycles. The van der Waals surface area contributed by atoms with Crippen molar-refractivity contribution in [3.05, 3.63) is 0 Å². The first-order chi connectivity index (χ1) is 6.29. The quantitative estimate of drug-likeness (QED) is 0.577. The van der Waals surface area contributed by atoms with Gasteiger partial charge >= 0.3 is 0 Å². The van der Waals surface area contributed by atoms with E-state index in [9.17, 15) is 4.79 Å². The Bertz CT molecular complexity index is 182. The first-order valence-electron chi connectivity index (χ1n) is 5.25. The molecule has 84 valence electrons. The predicted octanol–water partition coefficient (Wildman–Crippen LogP) is 3.09. The fraction of sp³-hybridized carbons (Fsp3) is 0.909. The highest BCUT2D eigenvalue weighted by molar-refractivity contribution is 14.1. The molecule has 14 heavy (non-hydrogen) atoms. The van der Waals surface area contributed by atoms with Crippen LogP contribution < -0.4 is 0 Å². The topological polar surface area (TPSA) is 20.3 Å². The average molecular weight is 311 g/mol. The van der Waals surface area contributed by atoms with Gasteiger partial charge in [-0.25, -0.2) is 0 Å². The zero-order chi connectivity index (χ0) is 11.5. The maximum atomic E-state index is 12.1. The van der Waals surface area contributed by atoms with E-state index < -0.39 is 0 Å². The number of carbonyl (C=O) groups excluding carboxylic acids is 1. The van der Waals surface area contributed by atoms with Gasteiger partial charge in [0.25, 0.3) is 0 Å². The van der Waals surface area contributed by atoms with Crippen LogP contribution in [0.25, 0.3) is 0 Å². The van der Waals surface area contributed by atoms with E-state index in [1.54, 1.807) is 0 Å². The van der Waals surface area contributed by atoms with Crippen LogP contribution in [0.5, 0.6) is 0 Å². The predicted molar refractivity (Wildman–Crippen MR) is 69.8 cm³/mol. The highest BCUT2D eigenvalue weighted by Gasteiger charge is 2.27. The first kappa shape index (κ1) is 14.2. The fourth-order valence-corrected chi connectivity index (χ4v) is 1.84. The maximum absolute atomic E-state index is 12.1. The number of nitrogens with zero attached hydrogens (tertiary/aromatic N) is 1. The van der Waals surface area contributed by atoms with Gasteiger partial charge < -0.3 is 4.90 Å². The van der Waals surface area contributed by atoms with Gasteiger partial charge in [-0.2, -0.15) is 0 Å². The molecular formula is C11H22INO. The summed E-state index contributed by atoms with van der Waals surface area (Å²) in [6.45, 7) is 12.4. The second-order valence-corrected chi connectivity index (χ2v) is 6.36. The Morgan fingerprint density at radius 3 is 1.57 bits per heavy atom. The normalized spacial score (nSPS) is 15.8. The van der Waals surface area contributed by atoms with Crippen LogP contribution in [-0.4, -0.2) is 26.8 Å². The summed E-state index contributed by atoms with van der Waals surface area (Å²) in [5, 5.41) is 0. The van der Waals surface area contributed by atoms with Crippen molar-refractivity contribution in [2.24, 2.45) is 5.92 Å². The van der Waals surface area contributed by atoms with Crippen LogP contribution in [0.2, 0.25) is 0 Å². The van der Waals surface area contributed by atoms with Crippen molar-refractivity contribution < 1.29 is 4.79 Å². The molecular weight excluding hydrogens is 289 g/mol. The van der Waals surface area contributed by atoms with Gasteiger partial charge in [-0.3, -0.25) is 4.79 Å². The van der Waals surface area contributed by atoms with Gasteiger partial charge in [0.1, 0.15) is 0 Å². The van der Waals surface area contributed by atoms with E-state index >= 15 is 0 Å². The molecule has 0 saturated heterocycles. The van der Waals surface area contributed by atoms with Crippen molar-refractivity contribution >= 4 is 28.5 Å². The minimum atomic E-state index is 0.111. The SMILES string of the molecule is CC(I)C(C)C(=O)N(C(C)C)C(C)C. The summed E-state index contributed by atoms with van der Waals surface area (Å²) in [5.74, 6) is 0.386. The number of amides is 1. The maximum Gasteiger partial charge on any atom is 0.226 e.